The molecule has 0 aromatic carbocycles. The third-order valence-electron chi connectivity index (χ3n) is 2.40. The molecule has 0 saturated carbocycles. The van der Waals surface area contributed by atoms with Crippen LogP contribution >= 0.6 is 0 Å². The molecule has 0 fully saturated rings. The Morgan fingerprint density at radius 1 is 1.22 bits per heavy atom. The van der Waals surface area contributed by atoms with Gasteiger partial charge in [-0.25, -0.2) is 4.79 Å². The third kappa shape index (κ3) is 7.11. The number of urea groups is 1. The number of rotatable bonds is 7. The molecule has 0 aromatic heterocycles. The van der Waals surface area contributed by atoms with E-state index in [1.807, 2.05) is 27.7 Å². The number of amides is 2. The smallest absolute Gasteiger partial charge is 0.323 e. The molecule has 18 heavy (non-hydrogen) atoms. The Hall–Kier alpha value is -1.30. The lowest BCUT2D eigenvalue weighted by atomic mass is 10.1. The molecule has 0 heterocycles. The molecule has 0 aliphatic rings. The van der Waals surface area contributed by atoms with Crippen LogP contribution in [0, 0.1) is 0 Å². The van der Waals surface area contributed by atoms with Crippen molar-refractivity contribution in [3.63, 3.8) is 0 Å². The number of hydrogen-bond acceptors (Lipinski definition) is 3. The summed E-state index contributed by atoms with van der Waals surface area (Å²) in [5, 5.41) is 14.7. The third-order valence-corrected chi connectivity index (χ3v) is 2.40. The van der Waals surface area contributed by atoms with Crippen LogP contribution in [-0.2, 0) is 4.79 Å². The minimum atomic E-state index is -1.01. The average molecular weight is 259 g/mol. The van der Waals surface area contributed by atoms with E-state index >= 15 is 0 Å². The molecule has 0 aromatic rings. The number of carboxylic acid groups (broad SMARTS) is 1. The van der Waals surface area contributed by atoms with Gasteiger partial charge in [-0.1, -0.05) is 6.92 Å². The second-order valence-corrected chi connectivity index (χ2v) is 5.09. The van der Waals surface area contributed by atoms with Crippen LogP contribution in [-0.4, -0.2) is 53.7 Å². The summed E-state index contributed by atoms with van der Waals surface area (Å²) in [4.78, 5) is 24.0. The van der Waals surface area contributed by atoms with Crippen LogP contribution in [0.3, 0.4) is 0 Å². The Morgan fingerprint density at radius 2 is 1.83 bits per heavy atom. The highest BCUT2D eigenvalue weighted by Gasteiger charge is 2.27. The molecule has 0 atom stereocenters. The minimum Gasteiger partial charge on any atom is -0.480 e. The summed E-state index contributed by atoms with van der Waals surface area (Å²) in [5.41, 5.74) is -0.510. The summed E-state index contributed by atoms with van der Waals surface area (Å²) in [7, 11) is 0. The largest absolute Gasteiger partial charge is 0.480 e. The van der Waals surface area contributed by atoms with Crippen LogP contribution in [0.4, 0.5) is 4.79 Å². The Bertz CT molecular complexity index is 274. The zero-order chi connectivity index (χ0) is 14.2. The highest BCUT2D eigenvalue weighted by Crippen LogP contribution is 2.12. The Balaban J connectivity index is 4.19. The van der Waals surface area contributed by atoms with Crippen LogP contribution < -0.4 is 10.6 Å². The van der Waals surface area contributed by atoms with Gasteiger partial charge in [0.1, 0.15) is 6.54 Å². The predicted octanol–water partition coefficient (Wildman–Crippen LogP) is 0.881. The topological polar surface area (TPSA) is 81.7 Å². The number of hydrogen-bond donors (Lipinski definition) is 3. The first-order valence-electron chi connectivity index (χ1n) is 6.27. The number of carboxylic acids is 1. The molecule has 0 unspecified atom stereocenters. The van der Waals surface area contributed by atoms with Gasteiger partial charge in [0.15, 0.2) is 0 Å². The second-order valence-electron chi connectivity index (χ2n) is 5.09. The van der Waals surface area contributed by atoms with Crippen molar-refractivity contribution in [2.24, 2.45) is 0 Å². The molecule has 0 aliphatic carbocycles. The van der Waals surface area contributed by atoms with Gasteiger partial charge in [0, 0.05) is 12.1 Å². The number of carbonyl (C=O) groups excluding carboxylic acids is 1. The molecular weight excluding hydrogens is 234 g/mol. The molecule has 6 nitrogen and oxygen atoms in total. The zero-order valence-corrected chi connectivity index (χ0v) is 11.7. The lowest BCUT2D eigenvalue weighted by molar-refractivity contribution is -0.138. The highest BCUT2D eigenvalue weighted by molar-refractivity contribution is 5.80. The van der Waals surface area contributed by atoms with E-state index in [9.17, 15) is 9.59 Å². The van der Waals surface area contributed by atoms with E-state index in [1.165, 1.54) is 4.90 Å². The zero-order valence-electron chi connectivity index (χ0n) is 11.7. The molecule has 0 radical (unpaired) electrons. The van der Waals surface area contributed by atoms with Gasteiger partial charge in [-0.3, -0.25) is 4.79 Å². The average Bonchev–Trinajstić information content (AvgIpc) is 2.23. The van der Waals surface area contributed by atoms with Gasteiger partial charge in [-0.15, -0.1) is 0 Å². The van der Waals surface area contributed by atoms with E-state index in [0.717, 1.165) is 19.5 Å². The van der Waals surface area contributed by atoms with E-state index in [2.05, 4.69) is 10.6 Å². The first-order valence-corrected chi connectivity index (χ1v) is 6.27. The Morgan fingerprint density at radius 3 is 2.28 bits per heavy atom. The van der Waals surface area contributed by atoms with Gasteiger partial charge < -0.3 is 20.6 Å². The van der Waals surface area contributed by atoms with Crippen molar-refractivity contribution in [2.45, 2.75) is 39.7 Å². The molecule has 2 amide bonds. The van der Waals surface area contributed by atoms with Crippen molar-refractivity contribution >= 4 is 12.0 Å². The maximum Gasteiger partial charge on any atom is 0.323 e. The normalized spacial score (nSPS) is 11.1. The number of nitrogens with one attached hydrogen (secondary N) is 2. The van der Waals surface area contributed by atoms with Crippen molar-refractivity contribution in [3.8, 4) is 0 Å². The van der Waals surface area contributed by atoms with E-state index < -0.39 is 11.5 Å². The molecule has 0 rings (SSSR count). The second kappa shape index (κ2) is 7.92. The van der Waals surface area contributed by atoms with Gasteiger partial charge in [-0.05, 0) is 40.3 Å². The fourth-order valence-corrected chi connectivity index (χ4v) is 1.43. The summed E-state index contributed by atoms with van der Waals surface area (Å²) >= 11 is 0. The van der Waals surface area contributed by atoms with Gasteiger partial charge in [0.05, 0.1) is 0 Å². The van der Waals surface area contributed by atoms with Crippen molar-refractivity contribution in [1.29, 1.82) is 0 Å². The lowest BCUT2D eigenvalue weighted by Gasteiger charge is -2.34. The summed E-state index contributed by atoms with van der Waals surface area (Å²) in [6.45, 7) is 9.45. The maximum absolute atomic E-state index is 11.9. The van der Waals surface area contributed by atoms with E-state index in [1.54, 1.807) is 0 Å². The molecule has 0 spiro atoms. The first-order chi connectivity index (χ1) is 8.29. The van der Waals surface area contributed by atoms with Gasteiger partial charge in [-0.2, -0.15) is 0 Å². The van der Waals surface area contributed by atoms with Crippen LogP contribution in [0.1, 0.15) is 34.1 Å². The quantitative estimate of drug-likeness (QED) is 0.593. The lowest BCUT2D eigenvalue weighted by Crippen LogP contribution is -2.52. The fourth-order valence-electron chi connectivity index (χ4n) is 1.43. The standard InChI is InChI=1S/C12H25N3O3/c1-5-13-7-6-8-14-11(18)15(9-10(16)17)12(2,3)4/h13H,5-9H2,1-4H3,(H,14,18)(H,16,17). The van der Waals surface area contributed by atoms with E-state index in [0.29, 0.717) is 6.54 Å². The Labute approximate surface area is 109 Å². The SMILES string of the molecule is CCNCCCNC(=O)N(CC(=O)O)C(C)(C)C. The molecule has 0 aliphatic heterocycles. The number of aliphatic carboxylic acids is 1. The van der Waals surface area contributed by atoms with Crippen LogP contribution in [0.5, 0.6) is 0 Å². The fraction of sp³-hybridized carbons (Fsp3) is 0.833. The molecular formula is C12H25N3O3. The Kier molecular flexibility index (Phi) is 7.35. The van der Waals surface area contributed by atoms with Crippen molar-refractivity contribution < 1.29 is 14.7 Å². The molecule has 3 N–H and O–H groups in total. The van der Waals surface area contributed by atoms with Gasteiger partial charge in [0.25, 0.3) is 0 Å². The summed E-state index contributed by atoms with van der Waals surface area (Å²) in [5.74, 6) is -1.01. The van der Waals surface area contributed by atoms with Crippen LogP contribution in [0.15, 0.2) is 0 Å². The van der Waals surface area contributed by atoms with E-state index in [-0.39, 0.29) is 12.6 Å². The number of nitrogens with zero attached hydrogens (tertiary/aromatic N) is 1. The number of carbonyl (C=O) groups is 2. The summed E-state index contributed by atoms with van der Waals surface area (Å²) < 4.78 is 0. The predicted molar refractivity (Wildman–Crippen MR) is 70.7 cm³/mol. The van der Waals surface area contributed by atoms with Crippen molar-refractivity contribution in [3.05, 3.63) is 0 Å². The molecule has 6 heteroatoms. The first kappa shape index (κ1) is 16.7. The van der Waals surface area contributed by atoms with Gasteiger partial charge in [0.2, 0.25) is 0 Å². The van der Waals surface area contributed by atoms with Crippen molar-refractivity contribution in [1.82, 2.24) is 15.5 Å². The van der Waals surface area contributed by atoms with Crippen molar-refractivity contribution in [2.75, 3.05) is 26.2 Å². The summed E-state index contributed by atoms with van der Waals surface area (Å²) in [6.07, 6.45) is 0.824. The van der Waals surface area contributed by atoms with Crippen LogP contribution in [0.25, 0.3) is 0 Å². The molecule has 106 valence electrons. The van der Waals surface area contributed by atoms with Gasteiger partial charge >= 0.3 is 12.0 Å². The van der Waals surface area contributed by atoms with E-state index in [4.69, 9.17) is 5.11 Å². The molecule has 0 bridgehead atoms. The minimum absolute atomic E-state index is 0.289. The molecule has 0 saturated heterocycles. The summed E-state index contributed by atoms with van der Waals surface area (Å²) in [6, 6.07) is -0.332. The maximum atomic E-state index is 11.9. The van der Waals surface area contributed by atoms with Crippen LogP contribution in [0.2, 0.25) is 0 Å². The highest BCUT2D eigenvalue weighted by atomic mass is 16.4. The monoisotopic (exact) mass is 259 g/mol.